The highest BCUT2D eigenvalue weighted by atomic mass is 79.9. The number of phenolic OH excluding ortho intramolecular Hbond substituents is 1. The van der Waals surface area contributed by atoms with Crippen molar-refractivity contribution in [3.05, 3.63) is 26.9 Å². The molecule has 0 unspecified atom stereocenters. The minimum Gasteiger partial charge on any atom is -0.506 e. The van der Waals surface area contributed by atoms with Crippen molar-refractivity contribution in [1.29, 1.82) is 0 Å². The molecule has 0 saturated heterocycles. The van der Waals surface area contributed by atoms with E-state index < -0.39 is 17.3 Å². The van der Waals surface area contributed by atoms with Gasteiger partial charge >= 0.3 is 0 Å². The lowest BCUT2D eigenvalue weighted by Crippen LogP contribution is -2.02. The number of ketones is 1. The van der Waals surface area contributed by atoms with E-state index in [2.05, 4.69) is 15.9 Å². The van der Waals surface area contributed by atoms with Crippen molar-refractivity contribution >= 4 is 33.3 Å². The van der Waals surface area contributed by atoms with E-state index in [0.29, 0.717) is 0 Å². The van der Waals surface area contributed by atoms with Crippen LogP contribution in [0.15, 0.2) is 10.5 Å². The minimum absolute atomic E-state index is 0.108. The fraction of sp³-hybridized carbons (Fsp3) is 0.222. The Hall–Kier alpha value is -0.610. The van der Waals surface area contributed by atoms with Gasteiger partial charge in [0.15, 0.2) is 11.6 Å². The Morgan fingerprint density at radius 2 is 2.29 bits per heavy atom. The molecule has 0 atom stereocenters. The monoisotopic (exact) mass is 280 g/mol. The van der Waals surface area contributed by atoms with Crippen LogP contribution in [0.3, 0.4) is 0 Å². The molecule has 0 aliphatic heterocycles. The van der Waals surface area contributed by atoms with Crippen LogP contribution in [0.4, 0.5) is 4.39 Å². The second kappa shape index (κ2) is 4.28. The zero-order valence-corrected chi connectivity index (χ0v) is 9.62. The SMILES string of the molecule is CCC(=O)c1c(O)c(Br)cc(Cl)c1F. The molecule has 1 aromatic carbocycles. The summed E-state index contributed by atoms with van der Waals surface area (Å²) in [4.78, 5) is 11.3. The zero-order chi connectivity index (χ0) is 10.9. The minimum atomic E-state index is -0.876. The van der Waals surface area contributed by atoms with Gasteiger partial charge in [-0.2, -0.15) is 0 Å². The number of hydrogen-bond acceptors (Lipinski definition) is 2. The Bertz CT molecular complexity index is 367. The smallest absolute Gasteiger partial charge is 0.169 e. The number of Topliss-reactive ketones (excluding diaryl/α,β-unsaturated/α-hetero) is 1. The summed E-state index contributed by atoms with van der Waals surface area (Å²) < 4.78 is 13.6. The number of rotatable bonds is 2. The van der Waals surface area contributed by atoms with Crippen LogP contribution < -0.4 is 0 Å². The van der Waals surface area contributed by atoms with E-state index >= 15 is 0 Å². The van der Waals surface area contributed by atoms with Crippen LogP contribution in [0.25, 0.3) is 0 Å². The first kappa shape index (κ1) is 11.5. The fourth-order valence-electron chi connectivity index (χ4n) is 1.02. The summed E-state index contributed by atoms with van der Waals surface area (Å²) in [5.74, 6) is -1.76. The molecule has 0 aliphatic rings. The molecule has 0 fully saturated rings. The second-order valence-corrected chi connectivity index (χ2v) is 3.92. The number of carbonyl (C=O) groups is 1. The topological polar surface area (TPSA) is 37.3 Å². The van der Waals surface area contributed by atoms with E-state index in [0.717, 1.165) is 0 Å². The van der Waals surface area contributed by atoms with E-state index in [9.17, 15) is 14.3 Å². The van der Waals surface area contributed by atoms with Crippen molar-refractivity contribution < 1.29 is 14.3 Å². The average Bonchev–Trinajstić information content (AvgIpc) is 2.15. The van der Waals surface area contributed by atoms with E-state index in [4.69, 9.17) is 11.6 Å². The van der Waals surface area contributed by atoms with Crippen LogP contribution >= 0.6 is 27.5 Å². The van der Waals surface area contributed by atoms with Gasteiger partial charge in [0.2, 0.25) is 0 Å². The molecule has 0 radical (unpaired) electrons. The van der Waals surface area contributed by atoms with Crippen molar-refractivity contribution in [2.24, 2.45) is 0 Å². The average molecular weight is 282 g/mol. The number of carbonyl (C=O) groups excluding carboxylic acids is 1. The summed E-state index contributed by atoms with van der Waals surface area (Å²) in [6.07, 6.45) is 0.108. The van der Waals surface area contributed by atoms with Gasteiger partial charge in [0.25, 0.3) is 0 Å². The highest BCUT2D eigenvalue weighted by Crippen LogP contribution is 2.35. The Morgan fingerprint density at radius 3 is 2.79 bits per heavy atom. The van der Waals surface area contributed by atoms with Gasteiger partial charge in [-0.1, -0.05) is 18.5 Å². The third-order valence-electron chi connectivity index (χ3n) is 1.75. The molecular formula is C9H7BrClFO2. The predicted molar refractivity (Wildman–Crippen MR) is 55.4 cm³/mol. The van der Waals surface area contributed by atoms with Crippen LogP contribution in [0.5, 0.6) is 5.75 Å². The van der Waals surface area contributed by atoms with E-state index in [-0.39, 0.29) is 21.5 Å². The van der Waals surface area contributed by atoms with Gasteiger partial charge in [0.1, 0.15) is 5.75 Å². The van der Waals surface area contributed by atoms with Crippen LogP contribution in [0.1, 0.15) is 23.7 Å². The van der Waals surface area contributed by atoms with Gasteiger partial charge in [-0.3, -0.25) is 4.79 Å². The molecule has 1 aromatic rings. The first-order chi connectivity index (χ1) is 6.49. The molecule has 0 aliphatic carbocycles. The number of benzene rings is 1. The third kappa shape index (κ3) is 1.91. The van der Waals surface area contributed by atoms with Crippen molar-refractivity contribution in [3.63, 3.8) is 0 Å². The Labute approximate surface area is 93.8 Å². The summed E-state index contributed by atoms with van der Waals surface area (Å²) in [6, 6.07) is 1.21. The van der Waals surface area contributed by atoms with Gasteiger partial charge in [-0.25, -0.2) is 4.39 Å². The Balaban J connectivity index is 3.47. The quantitative estimate of drug-likeness (QED) is 0.665. The zero-order valence-electron chi connectivity index (χ0n) is 7.27. The highest BCUT2D eigenvalue weighted by Gasteiger charge is 2.20. The van der Waals surface area contributed by atoms with Crippen molar-refractivity contribution in [3.8, 4) is 5.75 Å². The van der Waals surface area contributed by atoms with Crippen LogP contribution in [0.2, 0.25) is 5.02 Å². The molecule has 0 aromatic heterocycles. The lowest BCUT2D eigenvalue weighted by molar-refractivity contribution is 0.0981. The maximum Gasteiger partial charge on any atom is 0.169 e. The number of halogens is 3. The standard InChI is InChI=1S/C9H7BrClFO2/c1-2-6(13)7-8(12)5(11)3-4(10)9(7)14/h3,14H,2H2,1H3. The van der Waals surface area contributed by atoms with Gasteiger partial charge in [0, 0.05) is 6.42 Å². The molecule has 0 bridgehead atoms. The summed E-state index contributed by atoms with van der Waals surface area (Å²) in [5, 5.41) is 9.25. The molecule has 1 rings (SSSR count). The van der Waals surface area contributed by atoms with Crippen LogP contribution in [-0.2, 0) is 0 Å². The molecule has 0 amide bonds. The van der Waals surface area contributed by atoms with Crippen LogP contribution in [0, 0.1) is 5.82 Å². The van der Waals surface area contributed by atoms with E-state index in [1.807, 2.05) is 0 Å². The molecule has 14 heavy (non-hydrogen) atoms. The maximum atomic E-state index is 13.3. The predicted octanol–water partition coefficient (Wildman–Crippen LogP) is 3.54. The summed E-state index contributed by atoms with van der Waals surface area (Å²) in [6.45, 7) is 1.58. The van der Waals surface area contributed by atoms with E-state index in [1.54, 1.807) is 6.92 Å². The normalized spacial score (nSPS) is 10.3. The molecule has 76 valence electrons. The molecule has 5 heteroatoms. The van der Waals surface area contributed by atoms with Gasteiger partial charge in [0.05, 0.1) is 15.1 Å². The Morgan fingerprint density at radius 1 is 1.71 bits per heavy atom. The highest BCUT2D eigenvalue weighted by molar-refractivity contribution is 9.10. The summed E-state index contributed by atoms with van der Waals surface area (Å²) >= 11 is 8.50. The van der Waals surface area contributed by atoms with Gasteiger partial charge in [-0.05, 0) is 22.0 Å². The molecule has 2 nitrogen and oxygen atoms in total. The van der Waals surface area contributed by atoms with Crippen molar-refractivity contribution in [2.45, 2.75) is 13.3 Å². The first-order valence-corrected chi connectivity index (χ1v) is 5.05. The molecule has 0 heterocycles. The summed E-state index contributed by atoms with van der Waals surface area (Å²) in [5.41, 5.74) is -0.355. The number of hydrogen-bond donors (Lipinski definition) is 1. The lowest BCUT2D eigenvalue weighted by atomic mass is 10.1. The van der Waals surface area contributed by atoms with Crippen molar-refractivity contribution in [1.82, 2.24) is 0 Å². The lowest BCUT2D eigenvalue weighted by Gasteiger charge is -2.07. The van der Waals surface area contributed by atoms with Crippen LogP contribution in [-0.4, -0.2) is 10.9 Å². The number of phenols is 1. The Kier molecular flexibility index (Phi) is 3.50. The molecule has 1 N–H and O–H groups in total. The number of aromatic hydroxyl groups is 1. The fourth-order valence-corrected chi connectivity index (χ4v) is 1.78. The second-order valence-electron chi connectivity index (χ2n) is 2.65. The van der Waals surface area contributed by atoms with Gasteiger partial charge < -0.3 is 5.11 Å². The summed E-state index contributed by atoms with van der Waals surface area (Å²) in [7, 11) is 0. The molecule has 0 spiro atoms. The first-order valence-electron chi connectivity index (χ1n) is 3.88. The van der Waals surface area contributed by atoms with Crippen molar-refractivity contribution in [2.75, 3.05) is 0 Å². The maximum absolute atomic E-state index is 13.3. The van der Waals surface area contributed by atoms with E-state index in [1.165, 1.54) is 6.07 Å². The van der Waals surface area contributed by atoms with Gasteiger partial charge in [-0.15, -0.1) is 0 Å². The molecule has 0 saturated carbocycles. The third-order valence-corrected chi connectivity index (χ3v) is 2.63. The molecular weight excluding hydrogens is 274 g/mol. The largest absolute Gasteiger partial charge is 0.506 e.